The zero-order valence-electron chi connectivity index (χ0n) is 14.7. The SMILES string of the molecule is Cc1ccc([N+](=O)[O-])cc1NC(=O)CN1C(=O)S/C(=C/c2ccccc2)C1=O. The summed E-state index contributed by atoms with van der Waals surface area (Å²) < 4.78 is 0. The third-order valence-corrected chi connectivity index (χ3v) is 4.89. The van der Waals surface area contributed by atoms with Crippen LogP contribution in [0.4, 0.5) is 16.2 Å². The number of benzene rings is 2. The van der Waals surface area contributed by atoms with Crippen LogP contribution in [0.2, 0.25) is 0 Å². The molecule has 1 saturated heterocycles. The molecule has 0 radical (unpaired) electrons. The van der Waals surface area contributed by atoms with Crippen LogP contribution in [0.15, 0.2) is 53.4 Å². The third kappa shape index (κ3) is 4.26. The molecule has 0 saturated carbocycles. The van der Waals surface area contributed by atoms with Crippen molar-refractivity contribution >= 4 is 46.3 Å². The Hall–Kier alpha value is -3.46. The molecule has 0 unspecified atom stereocenters. The van der Waals surface area contributed by atoms with Crippen molar-refractivity contribution in [3.8, 4) is 0 Å². The number of nitrogens with one attached hydrogen (secondary N) is 1. The second-order valence-electron chi connectivity index (χ2n) is 5.98. The van der Waals surface area contributed by atoms with Crippen LogP contribution in [0.25, 0.3) is 6.08 Å². The van der Waals surface area contributed by atoms with Crippen LogP contribution in [0.3, 0.4) is 0 Å². The summed E-state index contributed by atoms with van der Waals surface area (Å²) in [6.07, 6.45) is 1.59. The molecule has 1 aliphatic heterocycles. The molecule has 28 heavy (non-hydrogen) atoms. The number of aryl methyl sites for hydroxylation is 1. The molecule has 0 bridgehead atoms. The van der Waals surface area contributed by atoms with Crippen molar-refractivity contribution in [2.75, 3.05) is 11.9 Å². The summed E-state index contributed by atoms with van der Waals surface area (Å²) in [4.78, 5) is 48.3. The normalized spacial score (nSPS) is 15.2. The molecule has 1 aliphatic rings. The van der Waals surface area contributed by atoms with Crippen molar-refractivity contribution < 1.29 is 19.3 Å². The molecule has 0 aromatic heterocycles. The maximum atomic E-state index is 12.5. The van der Waals surface area contributed by atoms with Crippen LogP contribution in [-0.2, 0) is 9.59 Å². The van der Waals surface area contributed by atoms with E-state index in [4.69, 9.17) is 0 Å². The van der Waals surface area contributed by atoms with E-state index in [1.165, 1.54) is 18.2 Å². The number of nitro benzene ring substituents is 1. The Morgan fingerprint density at radius 2 is 1.93 bits per heavy atom. The van der Waals surface area contributed by atoms with Crippen LogP contribution < -0.4 is 5.32 Å². The van der Waals surface area contributed by atoms with Gasteiger partial charge >= 0.3 is 0 Å². The molecule has 142 valence electrons. The molecule has 9 heteroatoms. The van der Waals surface area contributed by atoms with Gasteiger partial charge in [-0.05, 0) is 35.9 Å². The molecule has 3 amide bonds. The molecule has 8 nitrogen and oxygen atoms in total. The minimum atomic E-state index is -0.619. The number of rotatable bonds is 5. The lowest BCUT2D eigenvalue weighted by molar-refractivity contribution is -0.384. The van der Waals surface area contributed by atoms with Crippen LogP contribution >= 0.6 is 11.8 Å². The number of imide groups is 1. The lowest BCUT2D eigenvalue weighted by Crippen LogP contribution is -2.36. The first-order valence-electron chi connectivity index (χ1n) is 8.20. The second kappa shape index (κ2) is 8.05. The number of hydrogen-bond acceptors (Lipinski definition) is 6. The van der Waals surface area contributed by atoms with Gasteiger partial charge in [0, 0.05) is 12.1 Å². The maximum Gasteiger partial charge on any atom is 0.294 e. The summed E-state index contributed by atoms with van der Waals surface area (Å²) in [5.74, 6) is -1.17. The average molecular weight is 397 g/mol. The summed E-state index contributed by atoms with van der Waals surface area (Å²) in [5, 5.41) is 12.9. The monoisotopic (exact) mass is 397 g/mol. The van der Waals surface area contributed by atoms with Crippen molar-refractivity contribution in [3.63, 3.8) is 0 Å². The van der Waals surface area contributed by atoms with Gasteiger partial charge in [0.1, 0.15) is 6.54 Å². The number of amides is 3. The molecular weight excluding hydrogens is 382 g/mol. The number of hydrogen-bond donors (Lipinski definition) is 1. The summed E-state index contributed by atoms with van der Waals surface area (Å²) in [7, 11) is 0. The summed E-state index contributed by atoms with van der Waals surface area (Å²) >= 11 is 0.764. The molecule has 1 fully saturated rings. The number of non-ortho nitro benzene ring substituents is 1. The van der Waals surface area contributed by atoms with Crippen molar-refractivity contribution in [3.05, 3.63) is 74.7 Å². The number of carbonyl (C=O) groups is 3. The first-order valence-corrected chi connectivity index (χ1v) is 9.02. The molecule has 3 rings (SSSR count). The van der Waals surface area contributed by atoms with Gasteiger partial charge in [0.25, 0.3) is 16.8 Å². The highest BCUT2D eigenvalue weighted by Crippen LogP contribution is 2.32. The minimum Gasteiger partial charge on any atom is -0.324 e. The number of nitro groups is 1. The van der Waals surface area contributed by atoms with Gasteiger partial charge in [-0.15, -0.1) is 0 Å². The summed E-state index contributed by atoms with van der Waals surface area (Å²) in [5.41, 5.74) is 1.48. The molecule has 0 atom stereocenters. The fourth-order valence-corrected chi connectivity index (χ4v) is 3.37. The van der Waals surface area contributed by atoms with Gasteiger partial charge < -0.3 is 5.32 Å². The maximum absolute atomic E-state index is 12.5. The van der Waals surface area contributed by atoms with Crippen LogP contribution in [-0.4, -0.2) is 33.4 Å². The van der Waals surface area contributed by atoms with Gasteiger partial charge in [-0.2, -0.15) is 0 Å². The number of anilines is 1. The molecule has 0 spiro atoms. The summed E-state index contributed by atoms with van der Waals surface area (Å²) in [6.45, 7) is 1.21. The minimum absolute atomic E-state index is 0.169. The molecule has 2 aromatic carbocycles. The van der Waals surface area contributed by atoms with Gasteiger partial charge in [-0.1, -0.05) is 36.4 Å². The lowest BCUT2D eigenvalue weighted by Gasteiger charge is -2.13. The van der Waals surface area contributed by atoms with E-state index in [0.29, 0.717) is 5.56 Å². The Balaban J connectivity index is 1.72. The summed E-state index contributed by atoms with van der Waals surface area (Å²) in [6, 6.07) is 13.1. The van der Waals surface area contributed by atoms with Crippen LogP contribution in [0.1, 0.15) is 11.1 Å². The van der Waals surface area contributed by atoms with E-state index in [9.17, 15) is 24.5 Å². The van der Waals surface area contributed by atoms with Crippen LogP contribution in [0, 0.1) is 17.0 Å². The predicted octanol–water partition coefficient (Wildman–Crippen LogP) is 3.58. The fourth-order valence-electron chi connectivity index (χ4n) is 2.53. The largest absolute Gasteiger partial charge is 0.324 e. The first-order chi connectivity index (χ1) is 13.3. The van der Waals surface area contributed by atoms with Crippen molar-refractivity contribution in [1.29, 1.82) is 0 Å². The van der Waals surface area contributed by atoms with Crippen LogP contribution in [0.5, 0.6) is 0 Å². The number of carbonyl (C=O) groups excluding carboxylic acids is 3. The predicted molar refractivity (Wildman–Crippen MR) is 106 cm³/mol. The quantitative estimate of drug-likeness (QED) is 0.469. The van der Waals surface area contributed by atoms with Crippen molar-refractivity contribution in [2.24, 2.45) is 0 Å². The van der Waals surface area contributed by atoms with Crippen molar-refractivity contribution in [2.45, 2.75) is 6.92 Å². The topological polar surface area (TPSA) is 110 Å². The van der Waals surface area contributed by atoms with E-state index < -0.39 is 28.5 Å². The number of thioether (sulfide) groups is 1. The zero-order valence-corrected chi connectivity index (χ0v) is 15.6. The molecular formula is C19H15N3O5S. The standard InChI is InChI=1S/C19H15N3O5S/c1-12-7-8-14(22(26)27)10-15(12)20-17(23)11-21-18(24)16(28-19(21)25)9-13-5-3-2-4-6-13/h2-10H,11H2,1H3,(H,20,23)/b16-9+. The third-order valence-electron chi connectivity index (χ3n) is 3.98. The van der Waals surface area contributed by atoms with E-state index in [1.54, 1.807) is 25.1 Å². The Morgan fingerprint density at radius 3 is 2.61 bits per heavy atom. The van der Waals surface area contributed by atoms with E-state index in [0.717, 1.165) is 22.2 Å². The van der Waals surface area contributed by atoms with Gasteiger partial charge in [0.05, 0.1) is 15.5 Å². The zero-order chi connectivity index (χ0) is 20.3. The molecule has 1 N–H and O–H groups in total. The molecule has 0 aliphatic carbocycles. The Kier molecular flexibility index (Phi) is 5.55. The van der Waals surface area contributed by atoms with Gasteiger partial charge in [0.15, 0.2) is 0 Å². The number of nitrogens with zero attached hydrogens (tertiary/aromatic N) is 2. The van der Waals surface area contributed by atoms with E-state index in [-0.39, 0.29) is 16.3 Å². The second-order valence-corrected chi connectivity index (χ2v) is 6.98. The van der Waals surface area contributed by atoms with E-state index in [2.05, 4.69) is 5.32 Å². The highest BCUT2D eigenvalue weighted by atomic mass is 32.2. The Bertz CT molecular complexity index is 1000. The molecule has 2 aromatic rings. The van der Waals surface area contributed by atoms with Gasteiger partial charge in [-0.3, -0.25) is 29.4 Å². The lowest BCUT2D eigenvalue weighted by atomic mass is 10.2. The van der Waals surface area contributed by atoms with Crippen molar-refractivity contribution in [1.82, 2.24) is 4.90 Å². The Morgan fingerprint density at radius 1 is 1.21 bits per heavy atom. The average Bonchev–Trinajstić information content (AvgIpc) is 2.91. The first kappa shape index (κ1) is 19.3. The highest BCUT2D eigenvalue weighted by molar-refractivity contribution is 8.18. The molecule has 1 heterocycles. The van der Waals surface area contributed by atoms with Gasteiger partial charge in [-0.25, -0.2) is 0 Å². The van der Waals surface area contributed by atoms with Gasteiger partial charge in [0.2, 0.25) is 5.91 Å². The van der Waals surface area contributed by atoms with E-state index >= 15 is 0 Å². The Labute approximate surface area is 164 Å². The van der Waals surface area contributed by atoms with E-state index in [1.807, 2.05) is 18.2 Å². The highest BCUT2D eigenvalue weighted by Gasteiger charge is 2.36. The fraction of sp³-hybridized carbons (Fsp3) is 0.105. The smallest absolute Gasteiger partial charge is 0.294 e.